The Bertz CT molecular complexity index is 3220. The zero-order chi connectivity index (χ0) is 37.7. The Morgan fingerprint density at radius 3 is 1.74 bits per heavy atom. The van der Waals surface area contributed by atoms with E-state index in [4.69, 9.17) is 4.42 Å². The first-order chi connectivity index (χ1) is 28.3. The van der Waals surface area contributed by atoms with Crippen LogP contribution in [0.25, 0.3) is 82.8 Å². The largest absolute Gasteiger partial charge is 0.456 e. The third-order valence-electron chi connectivity index (χ3n) is 11.1. The van der Waals surface area contributed by atoms with Crippen molar-refractivity contribution in [3.63, 3.8) is 0 Å². The van der Waals surface area contributed by atoms with E-state index < -0.39 is 0 Å². The quantitative estimate of drug-likeness (QED) is 0.163. The molecule has 3 heteroatoms. The minimum absolute atomic E-state index is 0.876. The monoisotopic (exact) mass is 728 g/mol. The molecule has 0 N–H and O–H groups in total. The zero-order valence-corrected chi connectivity index (χ0v) is 31.1. The maximum atomic E-state index is 6.31. The van der Waals surface area contributed by atoms with Gasteiger partial charge in [0.15, 0.2) is 0 Å². The molecule has 3 nitrogen and oxygen atoms in total. The van der Waals surface area contributed by atoms with Crippen LogP contribution >= 0.6 is 0 Å². The van der Waals surface area contributed by atoms with Crippen molar-refractivity contribution in [2.45, 2.75) is 0 Å². The highest BCUT2D eigenvalue weighted by Gasteiger charge is 2.24. The number of aromatic nitrogens is 1. The van der Waals surface area contributed by atoms with Gasteiger partial charge in [0.05, 0.1) is 16.7 Å². The number of fused-ring (bicyclic) bond motifs is 6. The van der Waals surface area contributed by atoms with Gasteiger partial charge in [-0.2, -0.15) is 0 Å². The lowest BCUT2D eigenvalue weighted by Crippen LogP contribution is -2.10. The number of rotatable bonds is 7. The molecule has 57 heavy (non-hydrogen) atoms. The van der Waals surface area contributed by atoms with Crippen molar-refractivity contribution in [3.8, 4) is 39.1 Å². The molecule has 0 amide bonds. The van der Waals surface area contributed by atoms with E-state index in [0.29, 0.717) is 0 Å². The maximum absolute atomic E-state index is 6.31. The second kappa shape index (κ2) is 13.6. The SMILES string of the molecule is c1ccc(-c2cccc(-n3c4cccc(N(c5ccccc5)c5ccc6oc7ccccc7c6c5)c4c4cc(-c5ccccc5)cc(-c5ccccc5)c43)c2)cc1. The number of para-hydroxylation sites is 2. The third kappa shape index (κ3) is 5.60. The fourth-order valence-corrected chi connectivity index (χ4v) is 8.58. The van der Waals surface area contributed by atoms with Gasteiger partial charge >= 0.3 is 0 Å². The summed E-state index contributed by atoms with van der Waals surface area (Å²) < 4.78 is 8.79. The van der Waals surface area contributed by atoms with Gasteiger partial charge in [-0.05, 0) is 101 Å². The van der Waals surface area contributed by atoms with Crippen LogP contribution in [-0.2, 0) is 0 Å². The van der Waals surface area contributed by atoms with Gasteiger partial charge in [-0.25, -0.2) is 0 Å². The Labute approximate surface area is 330 Å². The molecule has 2 aromatic heterocycles. The molecule has 0 spiro atoms. The highest BCUT2D eigenvalue weighted by atomic mass is 16.3. The van der Waals surface area contributed by atoms with E-state index >= 15 is 0 Å². The summed E-state index contributed by atoms with van der Waals surface area (Å²) in [4.78, 5) is 2.41. The van der Waals surface area contributed by atoms with E-state index in [1.165, 1.54) is 44.2 Å². The van der Waals surface area contributed by atoms with Crippen molar-refractivity contribution in [3.05, 3.63) is 218 Å². The van der Waals surface area contributed by atoms with Crippen LogP contribution in [0.1, 0.15) is 0 Å². The second-order valence-electron chi connectivity index (χ2n) is 14.5. The van der Waals surface area contributed by atoms with Crippen LogP contribution in [0.3, 0.4) is 0 Å². The van der Waals surface area contributed by atoms with Gasteiger partial charge in [-0.15, -0.1) is 0 Å². The van der Waals surface area contributed by atoms with Crippen LogP contribution in [0.5, 0.6) is 0 Å². The van der Waals surface area contributed by atoms with E-state index in [-0.39, 0.29) is 0 Å². The number of hydrogen-bond donors (Lipinski definition) is 0. The number of anilines is 3. The molecule has 9 aromatic carbocycles. The highest BCUT2D eigenvalue weighted by Crippen LogP contribution is 2.48. The van der Waals surface area contributed by atoms with Crippen molar-refractivity contribution in [1.29, 1.82) is 0 Å². The van der Waals surface area contributed by atoms with E-state index in [1.807, 2.05) is 12.1 Å². The van der Waals surface area contributed by atoms with Gasteiger partial charge < -0.3 is 13.9 Å². The molecule has 0 saturated carbocycles. The summed E-state index contributed by atoms with van der Waals surface area (Å²) in [6, 6.07) is 78.3. The number of hydrogen-bond acceptors (Lipinski definition) is 2. The Morgan fingerprint density at radius 2 is 0.982 bits per heavy atom. The minimum atomic E-state index is 0.876. The van der Waals surface area contributed by atoms with Gasteiger partial charge in [0.2, 0.25) is 0 Å². The molecule has 2 heterocycles. The number of benzene rings is 9. The van der Waals surface area contributed by atoms with Crippen molar-refractivity contribution < 1.29 is 4.42 Å². The summed E-state index contributed by atoms with van der Waals surface area (Å²) >= 11 is 0. The highest BCUT2D eigenvalue weighted by molar-refractivity contribution is 6.21. The van der Waals surface area contributed by atoms with Gasteiger partial charge in [-0.3, -0.25) is 0 Å². The van der Waals surface area contributed by atoms with Gasteiger partial charge in [0, 0.05) is 44.2 Å². The predicted octanol–water partition coefficient (Wildman–Crippen LogP) is 15.2. The van der Waals surface area contributed by atoms with Crippen LogP contribution in [0.15, 0.2) is 223 Å². The molecule has 0 bridgehead atoms. The summed E-state index contributed by atoms with van der Waals surface area (Å²) in [5.74, 6) is 0. The topological polar surface area (TPSA) is 21.3 Å². The lowest BCUT2D eigenvalue weighted by atomic mass is 9.95. The van der Waals surface area contributed by atoms with Crippen LogP contribution in [-0.4, -0.2) is 4.57 Å². The smallest absolute Gasteiger partial charge is 0.135 e. The molecule has 11 aromatic rings. The molecule has 0 radical (unpaired) electrons. The fourth-order valence-electron chi connectivity index (χ4n) is 8.58. The second-order valence-corrected chi connectivity index (χ2v) is 14.5. The zero-order valence-electron chi connectivity index (χ0n) is 31.1. The first-order valence-corrected chi connectivity index (χ1v) is 19.4. The molecule has 0 fully saturated rings. The molecular weight excluding hydrogens is 693 g/mol. The molecule has 0 aliphatic heterocycles. The first kappa shape index (κ1) is 32.8. The summed E-state index contributed by atoms with van der Waals surface area (Å²) in [7, 11) is 0. The summed E-state index contributed by atoms with van der Waals surface area (Å²) in [6.45, 7) is 0. The Hall–Kier alpha value is -7.62. The fraction of sp³-hybridized carbons (Fsp3) is 0. The maximum Gasteiger partial charge on any atom is 0.135 e. The summed E-state index contributed by atoms with van der Waals surface area (Å²) in [5.41, 5.74) is 15.5. The lowest BCUT2D eigenvalue weighted by molar-refractivity contribution is 0.669. The van der Waals surface area contributed by atoms with Gasteiger partial charge in [-0.1, -0.05) is 146 Å². The Kier molecular flexibility index (Phi) is 7.82. The minimum Gasteiger partial charge on any atom is -0.456 e. The van der Waals surface area contributed by atoms with Crippen molar-refractivity contribution >= 4 is 60.8 Å². The average Bonchev–Trinajstić information content (AvgIpc) is 3.83. The van der Waals surface area contributed by atoms with Crippen molar-refractivity contribution in [2.75, 3.05) is 4.90 Å². The molecule has 0 atom stereocenters. The average molecular weight is 729 g/mol. The standard InChI is InChI=1S/C54H36N2O/c1-5-17-37(18-6-1)40-23-15-26-43(33-40)56-50-29-16-28-49(53(50)48-35-41(38-19-7-2-8-20-38)34-46(54(48)56)39-21-9-3-10-22-39)55(42-24-11-4-12-25-42)44-31-32-52-47(36-44)45-27-13-14-30-51(45)57-52/h1-36H. The van der Waals surface area contributed by atoms with Crippen LogP contribution in [0, 0.1) is 0 Å². The van der Waals surface area contributed by atoms with Crippen molar-refractivity contribution in [1.82, 2.24) is 4.57 Å². The predicted molar refractivity (Wildman–Crippen MR) is 239 cm³/mol. The Morgan fingerprint density at radius 1 is 0.368 bits per heavy atom. The van der Waals surface area contributed by atoms with Gasteiger partial charge in [0.25, 0.3) is 0 Å². The van der Waals surface area contributed by atoms with Crippen LogP contribution in [0.2, 0.25) is 0 Å². The molecule has 0 saturated heterocycles. The van der Waals surface area contributed by atoms with Crippen LogP contribution < -0.4 is 4.90 Å². The molecule has 0 aliphatic rings. The van der Waals surface area contributed by atoms with E-state index in [2.05, 4.69) is 216 Å². The Balaban J connectivity index is 1.27. The molecule has 11 rings (SSSR count). The first-order valence-electron chi connectivity index (χ1n) is 19.4. The molecule has 268 valence electrons. The normalized spacial score (nSPS) is 11.5. The summed E-state index contributed by atoms with van der Waals surface area (Å²) in [5, 5.41) is 4.56. The summed E-state index contributed by atoms with van der Waals surface area (Å²) in [6.07, 6.45) is 0. The third-order valence-corrected chi connectivity index (χ3v) is 11.1. The molecular formula is C54H36N2O. The van der Waals surface area contributed by atoms with E-state index in [1.54, 1.807) is 0 Å². The lowest BCUT2D eigenvalue weighted by Gasteiger charge is -2.26. The van der Waals surface area contributed by atoms with Crippen molar-refractivity contribution in [2.24, 2.45) is 0 Å². The molecule has 0 aliphatic carbocycles. The van der Waals surface area contributed by atoms with E-state index in [9.17, 15) is 0 Å². The molecule has 0 unspecified atom stereocenters. The number of furan rings is 1. The van der Waals surface area contributed by atoms with Gasteiger partial charge in [0.1, 0.15) is 11.2 Å². The number of nitrogens with zero attached hydrogens (tertiary/aromatic N) is 2. The van der Waals surface area contributed by atoms with Crippen LogP contribution in [0.4, 0.5) is 17.1 Å². The van der Waals surface area contributed by atoms with E-state index in [0.717, 1.165) is 55.7 Å².